The van der Waals surface area contributed by atoms with Gasteiger partial charge < -0.3 is 9.84 Å². The van der Waals surface area contributed by atoms with E-state index in [0.717, 1.165) is 0 Å². The van der Waals surface area contributed by atoms with Gasteiger partial charge in [0.15, 0.2) is 6.29 Å². The van der Waals surface area contributed by atoms with E-state index < -0.39 is 5.97 Å². The van der Waals surface area contributed by atoms with E-state index in [1.54, 1.807) is 24.3 Å². The molecule has 0 fully saturated rings. The molecule has 0 atom stereocenters. The SMILES string of the molecule is COC(=O)c1ccc(N=Nc2ccc(O)c(C=O)c2)cc1. The van der Waals surface area contributed by atoms with Gasteiger partial charge in [0, 0.05) is 0 Å². The standard InChI is InChI=1S/C15H12N2O4/c1-21-15(20)10-2-4-12(5-3-10)16-17-13-6-7-14(19)11(8-13)9-18/h2-9,19H,1H3. The Labute approximate surface area is 120 Å². The number of azo groups is 1. The second-order valence-electron chi connectivity index (χ2n) is 4.10. The first kappa shape index (κ1) is 14.4. The van der Waals surface area contributed by atoms with Gasteiger partial charge in [-0.2, -0.15) is 10.2 Å². The molecular weight excluding hydrogens is 272 g/mol. The number of carbonyl (C=O) groups is 2. The van der Waals surface area contributed by atoms with E-state index in [0.29, 0.717) is 23.2 Å². The molecule has 0 aliphatic carbocycles. The molecule has 2 aromatic carbocycles. The van der Waals surface area contributed by atoms with Crippen LogP contribution in [0.3, 0.4) is 0 Å². The van der Waals surface area contributed by atoms with Gasteiger partial charge in [0.2, 0.25) is 0 Å². The summed E-state index contributed by atoms with van der Waals surface area (Å²) in [6.07, 6.45) is 0.541. The summed E-state index contributed by atoms with van der Waals surface area (Å²) in [7, 11) is 1.31. The highest BCUT2D eigenvalue weighted by atomic mass is 16.5. The van der Waals surface area contributed by atoms with Gasteiger partial charge in [0.1, 0.15) is 5.75 Å². The average molecular weight is 284 g/mol. The summed E-state index contributed by atoms with van der Waals surface area (Å²) in [6.45, 7) is 0. The van der Waals surface area contributed by atoms with E-state index >= 15 is 0 Å². The number of phenolic OH excluding ortho intramolecular Hbond substituents is 1. The number of benzene rings is 2. The predicted molar refractivity (Wildman–Crippen MR) is 75.5 cm³/mol. The van der Waals surface area contributed by atoms with Crippen LogP contribution in [0.4, 0.5) is 11.4 Å². The van der Waals surface area contributed by atoms with Gasteiger partial charge in [-0.1, -0.05) is 0 Å². The van der Waals surface area contributed by atoms with Gasteiger partial charge in [0.05, 0.1) is 29.6 Å². The van der Waals surface area contributed by atoms with Crippen molar-refractivity contribution < 1.29 is 19.4 Å². The Morgan fingerprint density at radius 1 is 1.10 bits per heavy atom. The van der Waals surface area contributed by atoms with E-state index in [2.05, 4.69) is 15.0 Å². The Balaban J connectivity index is 2.17. The molecule has 6 nitrogen and oxygen atoms in total. The first-order valence-electron chi connectivity index (χ1n) is 6.02. The Kier molecular flexibility index (Phi) is 4.40. The molecule has 0 heterocycles. The molecule has 0 aliphatic rings. The molecule has 0 saturated carbocycles. The number of carbonyl (C=O) groups excluding carboxylic acids is 2. The van der Waals surface area contributed by atoms with E-state index in [4.69, 9.17) is 0 Å². The monoisotopic (exact) mass is 284 g/mol. The number of methoxy groups -OCH3 is 1. The normalized spacial score (nSPS) is 10.5. The summed E-state index contributed by atoms with van der Waals surface area (Å²) in [6, 6.07) is 10.7. The van der Waals surface area contributed by atoms with Crippen molar-refractivity contribution in [3.8, 4) is 5.75 Å². The molecule has 1 N–H and O–H groups in total. The van der Waals surface area contributed by atoms with Crippen LogP contribution in [-0.4, -0.2) is 24.5 Å². The van der Waals surface area contributed by atoms with Gasteiger partial charge in [-0.15, -0.1) is 0 Å². The Hall–Kier alpha value is -3.02. The number of ether oxygens (including phenoxy) is 1. The first-order chi connectivity index (χ1) is 10.1. The average Bonchev–Trinajstić information content (AvgIpc) is 2.53. The smallest absolute Gasteiger partial charge is 0.337 e. The molecule has 0 aromatic heterocycles. The van der Waals surface area contributed by atoms with Crippen LogP contribution in [0, 0.1) is 0 Å². The predicted octanol–water partition coefficient (Wildman–Crippen LogP) is 3.41. The second-order valence-corrected chi connectivity index (χ2v) is 4.10. The van der Waals surface area contributed by atoms with Crippen LogP contribution in [0.25, 0.3) is 0 Å². The Bertz CT molecular complexity index is 693. The van der Waals surface area contributed by atoms with Crippen molar-refractivity contribution in [3.05, 3.63) is 53.6 Å². The van der Waals surface area contributed by atoms with Crippen LogP contribution in [0.2, 0.25) is 0 Å². The summed E-state index contributed by atoms with van der Waals surface area (Å²) in [5.41, 5.74) is 1.55. The Morgan fingerprint density at radius 2 is 1.71 bits per heavy atom. The highest BCUT2D eigenvalue weighted by Crippen LogP contribution is 2.24. The summed E-state index contributed by atoms with van der Waals surface area (Å²) in [5, 5.41) is 17.3. The fourth-order valence-corrected chi connectivity index (χ4v) is 1.60. The molecule has 0 bridgehead atoms. The molecule has 6 heteroatoms. The van der Waals surface area contributed by atoms with Crippen molar-refractivity contribution in [2.45, 2.75) is 0 Å². The largest absolute Gasteiger partial charge is 0.507 e. The lowest BCUT2D eigenvalue weighted by atomic mass is 10.2. The van der Waals surface area contributed by atoms with Gasteiger partial charge in [-0.25, -0.2) is 4.79 Å². The third-order valence-electron chi connectivity index (χ3n) is 2.71. The lowest BCUT2D eigenvalue weighted by Crippen LogP contribution is -1.99. The molecular formula is C15H12N2O4. The molecule has 2 rings (SSSR count). The summed E-state index contributed by atoms with van der Waals surface area (Å²) < 4.78 is 4.59. The minimum Gasteiger partial charge on any atom is -0.507 e. The Morgan fingerprint density at radius 3 is 2.33 bits per heavy atom. The van der Waals surface area contributed by atoms with Crippen LogP contribution in [0.1, 0.15) is 20.7 Å². The van der Waals surface area contributed by atoms with Crippen LogP contribution < -0.4 is 0 Å². The zero-order valence-electron chi connectivity index (χ0n) is 11.2. The minimum absolute atomic E-state index is 0.105. The first-order valence-corrected chi connectivity index (χ1v) is 6.02. The van der Waals surface area contributed by atoms with Crippen LogP contribution in [0.5, 0.6) is 5.75 Å². The van der Waals surface area contributed by atoms with Crippen LogP contribution in [-0.2, 0) is 4.74 Å². The maximum Gasteiger partial charge on any atom is 0.337 e. The molecule has 0 saturated heterocycles. The quantitative estimate of drug-likeness (QED) is 0.529. The number of aldehydes is 1. The highest BCUT2D eigenvalue weighted by Gasteiger charge is 2.04. The zero-order chi connectivity index (χ0) is 15.2. The number of esters is 1. The van der Waals surface area contributed by atoms with Crippen LogP contribution in [0.15, 0.2) is 52.7 Å². The highest BCUT2D eigenvalue weighted by molar-refractivity contribution is 5.89. The number of hydrogen-bond acceptors (Lipinski definition) is 6. The summed E-state index contributed by atoms with van der Waals surface area (Å²) in [5.74, 6) is -0.529. The maximum absolute atomic E-state index is 11.3. The number of nitrogens with zero attached hydrogens (tertiary/aromatic N) is 2. The third kappa shape index (κ3) is 3.50. The van der Waals surface area contributed by atoms with E-state index in [-0.39, 0.29) is 11.3 Å². The van der Waals surface area contributed by atoms with Crippen molar-refractivity contribution in [2.75, 3.05) is 7.11 Å². The molecule has 106 valence electrons. The number of rotatable bonds is 4. The van der Waals surface area contributed by atoms with Crippen molar-refractivity contribution in [3.63, 3.8) is 0 Å². The van der Waals surface area contributed by atoms with E-state index in [1.807, 2.05) is 0 Å². The van der Waals surface area contributed by atoms with Gasteiger partial charge in [-0.3, -0.25) is 4.79 Å². The van der Waals surface area contributed by atoms with Gasteiger partial charge in [-0.05, 0) is 42.5 Å². The third-order valence-corrected chi connectivity index (χ3v) is 2.71. The summed E-state index contributed by atoms with van der Waals surface area (Å²) >= 11 is 0. The number of hydrogen-bond donors (Lipinski definition) is 1. The van der Waals surface area contributed by atoms with Gasteiger partial charge >= 0.3 is 5.97 Å². The molecule has 0 radical (unpaired) electrons. The van der Waals surface area contributed by atoms with Crippen molar-refractivity contribution in [1.82, 2.24) is 0 Å². The van der Waals surface area contributed by atoms with E-state index in [1.165, 1.54) is 25.3 Å². The summed E-state index contributed by atoms with van der Waals surface area (Å²) in [4.78, 5) is 22.0. The molecule has 0 unspecified atom stereocenters. The minimum atomic E-state index is -0.423. The molecule has 0 aliphatic heterocycles. The number of aromatic hydroxyl groups is 1. The van der Waals surface area contributed by atoms with E-state index in [9.17, 15) is 14.7 Å². The van der Waals surface area contributed by atoms with Crippen molar-refractivity contribution >= 4 is 23.6 Å². The fraction of sp³-hybridized carbons (Fsp3) is 0.0667. The van der Waals surface area contributed by atoms with Crippen molar-refractivity contribution in [1.29, 1.82) is 0 Å². The topological polar surface area (TPSA) is 88.3 Å². The lowest BCUT2D eigenvalue weighted by Gasteiger charge is -1.99. The molecule has 0 amide bonds. The molecule has 2 aromatic rings. The second kappa shape index (κ2) is 6.42. The van der Waals surface area contributed by atoms with Gasteiger partial charge in [0.25, 0.3) is 0 Å². The molecule has 0 spiro atoms. The van der Waals surface area contributed by atoms with Crippen molar-refractivity contribution in [2.24, 2.45) is 10.2 Å². The number of phenols is 1. The maximum atomic E-state index is 11.3. The fourth-order valence-electron chi connectivity index (χ4n) is 1.60. The van der Waals surface area contributed by atoms with Crippen LogP contribution >= 0.6 is 0 Å². The zero-order valence-corrected chi connectivity index (χ0v) is 11.2. The lowest BCUT2D eigenvalue weighted by molar-refractivity contribution is 0.0600. The molecule has 21 heavy (non-hydrogen) atoms.